The Kier molecular flexibility index (Phi) is 6.22. The summed E-state index contributed by atoms with van der Waals surface area (Å²) in [5, 5.41) is 3.54. The number of anilines is 1. The van der Waals surface area contributed by atoms with E-state index >= 15 is 0 Å². The SMILES string of the molecule is CSc1ccccc1NCC1CCCN(C(=O)OC(C)(C)C)C1. The van der Waals surface area contributed by atoms with Gasteiger partial charge in [0.15, 0.2) is 0 Å². The lowest BCUT2D eigenvalue weighted by Crippen LogP contribution is -2.44. The van der Waals surface area contributed by atoms with Gasteiger partial charge in [0.2, 0.25) is 0 Å². The number of thioether (sulfide) groups is 1. The summed E-state index contributed by atoms with van der Waals surface area (Å²) in [4.78, 5) is 15.3. The molecule has 1 fully saturated rings. The number of benzene rings is 1. The minimum absolute atomic E-state index is 0.188. The van der Waals surface area contributed by atoms with Crippen molar-refractivity contribution in [3.05, 3.63) is 24.3 Å². The van der Waals surface area contributed by atoms with Gasteiger partial charge in [-0.05, 0) is 57.9 Å². The predicted octanol–water partition coefficient (Wildman–Crippen LogP) is 4.47. The van der Waals surface area contributed by atoms with Crippen molar-refractivity contribution in [2.45, 2.75) is 44.1 Å². The second kappa shape index (κ2) is 7.95. The van der Waals surface area contributed by atoms with Gasteiger partial charge in [0, 0.05) is 30.2 Å². The summed E-state index contributed by atoms with van der Waals surface area (Å²) >= 11 is 1.75. The molecule has 1 aliphatic heterocycles. The van der Waals surface area contributed by atoms with E-state index in [4.69, 9.17) is 4.74 Å². The Labute approximate surface area is 144 Å². The van der Waals surface area contributed by atoms with E-state index in [0.29, 0.717) is 5.92 Å². The highest BCUT2D eigenvalue weighted by molar-refractivity contribution is 7.98. The summed E-state index contributed by atoms with van der Waals surface area (Å²) in [6.07, 6.45) is 4.08. The molecule has 1 aromatic rings. The van der Waals surface area contributed by atoms with Crippen LogP contribution in [0.15, 0.2) is 29.2 Å². The molecule has 23 heavy (non-hydrogen) atoms. The van der Waals surface area contributed by atoms with E-state index in [9.17, 15) is 4.79 Å². The maximum atomic E-state index is 12.2. The lowest BCUT2D eigenvalue weighted by atomic mass is 9.98. The maximum absolute atomic E-state index is 12.2. The zero-order valence-corrected chi connectivity index (χ0v) is 15.4. The summed E-state index contributed by atoms with van der Waals surface area (Å²) in [5.74, 6) is 0.464. The molecule has 1 heterocycles. The Morgan fingerprint density at radius 3 is 2.83 bits per heavy atom. The quantitative estimate of drug-likeness (QED) is 0.824. The summed E-state index contributed by atoms with van der Waals surface area (Å²) in [6.45, 7) is 8.18. The molecule has 1 unspecified atom stereocenters. The van der Waals surface area contributed by atoms with Crippen molar-refractivity contribution in [2.75, 3.05) is 31.2 Å². The standard InChI is InChI=1S/C18H28N2O2S/c1-18(2,3)22-17(21)20-11-7-8-14(13-20)12-19-15-9-5-6-10-16(15)23-4/h5-6,9-10,14,19H,7-8,11-13H2,1-4H3. The van der Waals surface area contributed by atoms with Gasteiger partial charge < -0.3 is 15.0 Å². The average molecular weight is 337 g/mol. The van der Waals surface area contributed by atoms with Gasteiger partial charge in [-0.3, -0.25) is 0 Å². The van der Waals surface area contributed by atoms with Crippen molar-refractivity contribution >= 4 is 23.5 Å². The molecular formula is C18H28N2O2S. The van der Waals surface area contributed by atoms with Gasteiger partial charge in [0.1, 0.15) is 5.60 Å². The number of rotatable bonds is 4. The van der Waals surface area contributed by atoms with Crippen molar-refractivity contribution < 1.29 is 9.53 Å². The number of para-hydroxylation sites is 1. The second-order valence-corrected chi connectivity index (χ2v) is 7.86. The van der Waals surface area contributed by atoms with Crippen molar-refractivity contribution in [1.82, 2.24) is 4.90 Å². The van der Waals surface area contributed by atoms with Gasteiger partial charge in [0.05, 0.1) is 0 Å². The summed E-state index contributed by atoms with van der Waals surface area (Å²) in [5.41, 5.74) is 0.744. The summed E-state index contributed by atoms with van der Waals surface area (Å²) in [7, 11) is 0. The third-order valence-corrected chi connectivity index (χ3v) is 4.65. The van der Waals surface area contributed by atoms with Crippen LogP contribution in [0.3, 0.4) is 0 Å². The van der Waals surface area contributed by atoms with Gasteiger partial charge in [-0.2, -0.15) is 0 Å². The van der Waals surface area contributed by atoms with E-state index in [1.54, 1.807) is 11.8 Å². The average Bonchev–Trinajstić information content (AvgIpc) is 2.52. The highest BCUT2D eigenvalue weighted by Crippen LogP contribution is 2.26. The Hall–Kier alpha value is -1.36. The van der Waals surface area contributed by atoms with E-state index in [2.05, 4.69) is 35.8 Å². The molecule has 2 rings (SSSR count). The van der Waals surface area contributed by atoms with Gasteiger partial charge >= 0.3 is 6.09 Å². The van der Waals surface area contributed by atoms with Crippen LogP contribution in [0.1, 0.15) is 33.6 Å². The highest BCUT2D eigenvalue weighted by atomic mass is 32.2. The Bertz CT molecular complexity index is 528. The number of hydrogen-bond acceptors (Lipinski definition) is 4. The second-order valence-electron chi connectivity index (χ2n) is 7.02. The number of hydrogen-bond donors (Lipinski definition) is 1. The molecule has 0 aliphatic carbocycles. The van der Waals surface area contributed by atoms with Crippen molar-refractivity contribution in [3.8, 4) is 0 Å². The van der Waals surface area contributed by atoms with Crippen molar-refractivity contribution in [1.29, 1.82) is 0 Å². The molecule has 1 aromatic carbocycles. The third-order valence-electron chi connectivity index (χ3n) is 3.86. The molecule has 1 N–H and O–H groups in total. The smallest absolute Gasteiger partial charge is 0.410 e. The molecule has 1 saturated heterocycles. The fourth-order valence-corrected chi connectivity index (χ4v) is 3.34. The van der Waals surface area contributed by atoms with Crippen LogP contribution in [0, 0.1) is 5.92 Å². The van der Waals surface area contributed by atoms with Crippen LogP contribution in [0.25, 0.3) is 0 Å². The van der Waals surface area contributed by atoms with Crippen LogP contribution < -0.4 is 5.32 Å². The van der Waals surface area contributed by atoms with E-state index in [1.165, 1.54) is 10.6 Å². The van der Waals surface area contributed by atoms with Crippen LogP contribution in [0.4, 0.5) is 10.5 Å². The largest absolute Gasteiger partial charge is 0.444 e. The molecule has 4 nitrogen and oxygen atoms in total. The normalized spacial score (nSPS) is 18.6. The number of carbonyl (C=O) groups is 1. The number of likely N-dealkylation sites (tertiary alicyclic amines) is 1. The fraction of sp³-hybridized carbons (Fsp3) is 0.611. The first-order valence-corrected chi connectivity index (χ1v) is 9.46. The van der Waals surface area contributed by atoms with Crippen molar-refractivity contribution in [3.63, 3.8) is 0 Å². The minimum Gasteiger partial charge on any atom is -0.444 e. The molecule has 5 heteroatoms. The lowest BCUT2D eigenvalue weighted by molar-refractivity contribution is 0.0172. The van der Waals surface area contributed by atoms with Gasteiger partial charge in [0.25, 0.3) is 0 Å². The number of nitrogens with zero attached hydrogens (tertiary/aromatic N) is 1. The van der Waals surface area contributed by atoms with Crippen LogP contribution in [-0.4, -0.2) is 42.5 Å². The van der Waals surface area contributed by atoms with Crippen LogP contribution in [-0.2, 0) is 4.74 Å². The molecule has 1 atom stereocenters. The maximum Gasteiger partial charge on any atom is 0.410 e. The van der Waals surface area contributed by atoms with Crippen LogP contribution >= 0.6 is 11.8 Å². The number of piperidine rings is 1. The van der Waals surface area contributed by atoms with Crippen LogP contribution in [0.5, 0.6) is 0 Å². The van der Waals surface area contributed by atoms with Crippen LogP contribution in [0.2, 0.25) is 0 Å². The first-order valence-electron chi connectivity index (χ1n) is 8.24. The summed E-state index contributed by atoms with van der Waals surface area (Å²) in [6, 6.07) is 8.35. The van der Waals surface area contributed by atoms with E-state index in [-0.39, 0.29) is 6.09 Å². The molecule has 0 aromatic heterocycles. The number of nitrogens with one attached hydrogen (secondary N) is 1. The lowest BCUT2D eigenvalue weighted by Gasteiger charge is -2.34. The molecule has 0 radical (unpaired) electrons. The van der Waals surface area contributed by atoms with Crippen molar-refractivity contribution in [2.24, 2.45) is 5.92 Å². The predicted molar refractivity (Wildman–Crippen MR) is 97.2 cm³/mol. The summed E-state index contributed by atoms with van der Waals surface area (Å²) < 4.78 is 5.49. The first kappa shape index (κ1) is 18.0. The molecular weight excluding hydrogens is 308 g/mol. The van der Waals surface area contributed by atoms with E-state index < -0.39 is 5.60 Å². The molecule has 0 bridgehead atoms. The Morgan fingerprint density at radius 2 is 2.13 bits per heavy atom. The topological polar surface area (TPSA) is 41.6 Å². The zero-order chi connectivity index (χ0) is 16.9. The van der Waals surface area contributed by atoms with Gasteiger partial charge in [-0.15, -0.1) is 11.8 Å². The van der Waals surface area contributed by atoms with E-state index in [1.807, 2.05) is 25.7 Å². The van der Waals surface area contributed by atoms with Gasteiger partial charge in [-0.1, -0.05) is 12.1 Å². The highest BCUT2D eigenvalue weighted by Gasteiger charge is 2.27. The Balaban J connectivity index is 1.88. The fourth-order valence-electron chi connectivity index (χ4n) is 2.77. The molecule has 1 aliphatic rings. The number of amides is 1. The zero-order valence-electron chi connectivity index (χ0n) is 14.6. The minimum atomic E-state index is -0.431. The monoisotopic (exact) mass is 336 g/mol. The third kappa shape index (κ3) is 5.65. The molecule has 0 spiro atoms. The number of ether oxygens (including phenoxy) is 1. The van der Waals surface area contributed by atoms with E-state index in [0.717, 1.165) is 32.5 Å². The molecule has 1 amide bonds. The Morgan fingerprint density at radius 1 is 1.39 bits per heavy atom. The molecule has 128 valence electrons. The van der Waals surface area contributed by atoms with Gasteiger partial charge in [-0.25, -0.2) is 4.79 Å². The number of carbonyl (C=O) groups excluding carboxylic acids is 1. The molecule has 0 saturated carbocycles. The first-order chi connectivity index (χ1) is 10.9.